The highest BCUT2D eigenvalue weighted by Crippen LogP contribution is 2.27. The molecule has 0 saturated carbocycles. The fourth-order valence-electron chi connectivity index (χ4n) is 2.11. The highest BCUT2D eigenvalue weighted by molar-refractivity contribution is 9.10. The normalized spacial score (nSPS) is 14.8. The van der Waals surface area contributed by atoms with Crippen molar-refractivity contribution in [1.82, 2.24) is 14.5 Å². The Hall–Kier alpha value is -1.36. The number of rotatable bonds is 1. The summed E-state index contributed by atoms with van der Waals surface area (Å²) in [6.07, 6.45) is 5.79. The number of hydrogen-bond donors (Lipinski definition) is 0. The van der Waals surface area contributed by atoms with E-state index in [1.165, 1.54) is 5.56 Å². The van der Waals surface area contributed by atoms with Gasteiger partial charge < -0.3 is 9.47 Å². The summed E-state index contributed by atoms with van der Waals surface area (Å²) >= 11 is 3.58. The number of aromatic nitrogens is 3. The molecule has 0 N–H and O–H groups in total. The third-order valence-corrected chi connectivity index (χ3v) is 3.59. The van der Waals surface area contributed by atoms with Crippen LogP contribution < -0.4 is 4.90 Å². The van der Waals surface area contributed by atoms with E-state index in [9.17, 15) is 0 Å². The average Bonchev–Trinajstić information content (AvgIpc) is 2.75. The van der Waals surface area contributed by atoms with Crippen LogP contribution in [0.25, 0.3) is 0 Å². The molecule has 0 fully saturated rings. The lowest BCUT2D eigenvalue weighted by molar-refractivity contribution is 0.555. The molecule has 5 heteroatoms. The van der Waals surface area contributed by atoms with E-state index in [1.807, 2.05) is 25.5 Å². The Kier molecular flexibility index (Phi) is 2.63. The second-order valence-corrected chi connectivity index (χ2v) is 5.13. The smallest absolute Gasteiger partial charge is 0.143 e. The topological polar surface area (TPSA) is 34.0 Å². The fourth-order valence-corrected chi connectivity index (χ4v) is 2.83. The van der Waals surface area contributed by atoms with Crippen molar-refractivity contribution in [2.75, 3.05) is 11.4 Å². The second-order valence-electron chi connectivity index (χ2n) is 4.28. The van der Waals surface area contributed by atoms with Crippen LogP contribution in [0.5, 0.6) is 0 Å². The van der Waals surface area contributed by atoms with Crippen LogP contribution in [0.4, 0.5) is 5.82 Å². The molecule has 0 aliphatic carbocycles. The van der Waals surface area contributed by atoms with Crippen molar-refractivity contribution in [2.24, 2.45) is 0 Å². The van der Waals surface area contributed by atoms with Crippen LogP contribution in [-0.4, -0.2) is 21.1 Å². The van der Waals surface area contributed by atoms with E-state index in [0.29, 0.717) is 0 Å². The quantitative estimate of drug-likeness (QED) is 0.809. The van der Waals surface area contributed by atoms with Crippen LogP contribution in [0.1, 0.15) is 11.4 Å². The second kappa shape index (κ2) is 4.14. The summed E-state index contributed by atoms with van der Waals surface area (Å²) < 4.78 is 3.25. The molecule has 0 atom stereocenters. The van der Waals surface area contributed by atoms with E-state index in [4.69, 9.17) is 0 Å². The van der Waals surface area contributed by atoms with E-state index in [2.05, 4.69) is 41.4 Å². The molecule has 1 aliphatic rings. The Labute approximate surface area is 108 Å². The summed E-state index contributed by atoms with van der Waals surface area (Å²) in [5, 5.41) is 0. The molecular weight excluding hydrogens is 280 g/mol. The summed E-state index contributed by atoms with van der Waals surface area (Å²) in [6.45, 7) is 4.81. The Balaban J connectivity index is 1.91. The third-order valence-electron chi connectivity index (χ3n) is 3.00. The van der Waals surface area contributed by atoms with Gasteiger partial charge in [-0.05, 0) is 34.5 Å². The zero-order chi connectivity index (χ0) is 11.8. The van der Waals surface area contributed by atoms with Gasteiger partial charge in [-0.25, -0.2) is 9.97 Å². The van der Waals surface area contributed by atoms with Crippen LogP contribution in [0.15, 0.2) is 29.1 Å². The number of pyridine rings is 1. The molecular formula is C12H13BrN4. The lowest BCUT2D eigenvalue weighted by Gasteiger charge is -2.29. The van der Waals surface area contributed by atoms with Crippen molar-refractivity contribution in [1.29, 1.82) is 0 Å². The number of anilines is 1. The zero-order valence-electron chi connectivity index (χ0n) is 9.60. The highest BCUT2D eigenvalue weighted by Gasteiger charge is 2.19. The van der Waals surface area contributed by atoms with Crippen molar-refractivity contribution in [3.05, 3.63) is 40.5 Å². The monoisotopic (exact) mass is 292 g/mol. The van der Waals surface area contributed by atoms with Gasteiger partial charge in [0.2, 0.25) is 0 Å². The van der Waals surface area contributed by atoms with Gasteiger partial charge in [-0.15, -0.1) is 0 Å². The van der Waals surface area contributed by atoms with Crippen molar-refractivity contribution in [2.45, 2.75) is 20.0 Å². The Morgan fingerprint density at radius 3 is 3.00 bits per heavy atom. The maximum atomic E-state index is 4.50. The molecule has 0 bridgehead atoms. The first-order valence-electron chi connectivity index (χ1n) is 5.61. The summed E-state index contributed by atoms with van der Waals surface area (Å²) in [7, 11) is 0. The molecule has 0 unspecified atom stereocenters. The number of fused-ring (bicyclic) bond motifs is 1. The van der Waals surface area contributed by atoms with Gasteiger partial charge >= 0.3 is 0 Å². The first-order valence-corrected chi connectivity index (χ1v) is 6.40. The standard InChI is InChI=1S/C12H13BrN4/c1-9-6-10(13)12(15-7-9)17-5-4-16-3-2-14-11(16)8-17/h2-3,6-7H,4-5,8H2,1H3. The number of aryl methyl sites for hydroxylation is 1. The predicted octanol–water partition coefficient (Wildman–Crippen LogP) is 2.37. The minimum Gasteiger partial charge on any atom is -0.346 e. The van der Waals surface area contributed by atoms with E-state index in [-0.39, 0.29) is 0 Å². The lowest BCUT2D eigenvalue weighted by atomic mass is 10.3. The van der Waals surface area contributed by atoms with Crippen LogP contribution in [0.2, 0.25) is 0 Å². The Morgan fingerprint density at radius 1 is 1.29 bits per heavy atom. The van der Waals surface area contributed by atoms with Crippen molar-refractivity contribution < 1.29 is 0 Å². The minimum atomic E-state index is 0.821. The molecule has 0 saturated heterocycles. The Bertz CT molecular complexity index is 549. The van der Waals surface area contributed by atoms with Crippen molar-refractivity contribution in [3.63, 3.8) is 0 Å². The zero-order valence-corrected chi connectivity index (χ0v) is 11.2. The average molecular weight is 293 g/mol. The molecule has 2 aromatic heterocycles. The summed E-state index contributed by atoms with van der Waals surface area (Å²) in [4.78, 5) is 11.1. The van der Waals surface area contributed by atoms with Gasteiger partial charge in [0.25, 0.3) is 0 Å². The molecule has 0 spiro atoms. The molecule has 3 heterocycles. The maximum absolute atomic E-state index is 4.50. The SMILES string of the molecule is Cc1cnc(N2CCn3ccnc3C2)c(Br)c1. The van der Waals surface area contributed by atoms with Crippen LogP contribution >= 0.6 is 15.9 Å². The third kappa shape index (κ3) is 1.95. The maximum Gasteiger partial charge on any atom is 0.143 e. The molecule has 1 aliphatic heterocycles. The van der Waals surface area contributed by atoms with Gasteiger partial charge in [-0.2, -0.15) is 0 Å². The van der Waals surface area contributed by atoms with E-state index >= 15 is 0 Å². The summed E-state index contributed by atoms with van der Waals surface area (Å²) in [5.74, 6) is 2.11. The number of imidazole rings is 1. The first-order chi connectivity index (χ1) is 8.24. The molecule has 17 heavy (non-hydrogen) atoms. The number of halogens is 1. The molecule has 3 rings (SSSR count). The Morgan fingerprint density at radius 2 is 2.18 bits per heavy atom. The fraction of sp³-hybridized carbons (Fsp3) is 0.333. The largest absolute Gasteiger partial charge is 0.346 e. The van der Waals surface area contributed by atoms with Gasteiger partial charge in [0.1, 0.15) is 11.6 Å². The van der Waals surface area contributed by atoms with Gasteiger partial charge in [-0.1, -0.05) is 0 Å². The minimum absolute atomic E-state index is 0.821. The van der Waals surface area contributed by atoms with E-state index in [0.717, 1.165) is 35.7 Å². The van der Waals surface area contributed by atoms with Crippen LogP contribution in [-0.2, 0) is 13.1 Å². The molecule has 2 aromatic rings. The van der Waals surface area contributed by atoms with Crippen LogP contribution in [0, 0.1) is 6.92 Å². The van der Waals surface area contributed by atoms with E-state index < -0.39 is 0 Å². The van der Waals surface area contributed by atoms with Gasteiger partial charge in [0.15, 0.2) is 0 Å². The first kappa shape index (κ1) is 10.8. The van der Waals surface area contributed by atoms with Crippen LogP contribution in [0.3, 0.4) is 0 Å². The molecule has 88 valence electrons. The number of nitrogens with zero attached hydrogens (tertiary/aromatic N) is 4. The predicted molar refractivity (Wildman–Crippen MR) is 70.0 cm³/mol. The molecule has 4 nitrogen and oxygen atoms in total. The number of hydrogen-bond acceptors (Lipinski definition) is 3. The lowest BCUT2D eigenvalue weighted by Crippen LogP contribution is -2.34. The van der Waals surface area contributed by atoms with Crippen molar-refractivity contribution >= 4 is 21.7 Å². The van der Waals surface area contributed by atoms with Gasteiger partial charge in [0.05, 0.1) is 11.0 Å². The van der Waals surface area contributed by atoms with Gasteiger partial charge in [-0.3, -0.25) is 0 Å². The summed E-state index contributed by atoms with van der Waals surface area (Å²) in [5.41, 5.74) is 1.17. The summed E-state index contributed by atoms with van der Waals surface area (Å²) in [6, 6.07) is 2.10. The molecule has 0 aromatic carbocycles. The molecule has 0 amide bonds. The highest BCUT2D eigenvalue weighted by atomic mass is 79.9. The van der Waals surface area contributed by atoms with Crippen molar-refractivity contribution in [3.8, 4) is 0 Å². The van der Waals surface area contributed by atoms with E-state index in [1.54, 1.807) is 0 Å². The van der Waals surface area contributed by atoms with Gasteiger partial charge in [0, 0.05) is 31.7 Å². The molecule has 0 radical (unpaired) electrons.